The number of anilines is 2. The summed E-state index contributed by atoms with van der Waals surface area (Å²) in [7, 11) is 0. The smallest absolute Gasteiger partial charge is 0.418 e. The molecule has 1 amide bonds. The fourth-order valence-electron chi connectivity index (χ4n) is 3.81. The summed E-state index contributed by atoms with van der Waals surface area (Å²) < 4.78 is 45.7. The van der Waals surface area contributed by atoms with Crippen LogP contribution in [0.1, 0.15) is 49.1 Å². The van der Waals surface area contributed by atoms with Crippen molar-refractivity contribution in [1.29, 1.82) is 0 Å². The van der Waals surface area contributed by atoms with Crippen LogP contribution in [0.5, 0.6) is 11.5 Å². The number of hydrogen-bond donors (Lipinski definition) is 1. The summed E-state index contributed by atoms with van der Waals surface area (Å²) in [6.45, 7) is 4.71. The molecule has 1 atom stereocenters. The largest absolute Gasteiger partial charge is 0.452 e. The van der Waals surface area contributed by atoms with Crippen molar-refractivity contribution < 1.29 is 22.7 Å². The lowest BCUT2D eigenvalue weighted by atomic mass is 9.98. The molecule has 1 N–H and O–H groups in total. The summed E-state index contributed by atoms with van der Waals surface area (Å²) in [5, 5.41) is 5.45. The predicted octanol–water partition coefficient (Wildman–Crippen LogP) is 5.91. The second-order valence-corrected chi connectivity index (χ2v) is 8.95. The van der Waals surface area contributed by atoms with Crippen LogP contribution in [0, 0.1) is 6.92 Å². The lowest BCUT2D eigenvalue weighted by Crippen LogP contribution is -2.29. The molecule has 0 saturated carbocycles. The Morgan fingerprint density at radius 3 is 2.79 bits per heavy atom. The van der Waals surface area contributed by atoms with Crippen molar-refractivity contribution in [1.82, 2.24) is 19.9 Å². The van der Waals surface area contributed by atoms with Crippen LogP contribution in [0.15, 0.2) is 36.0 Å². The molecule has 3 aromatic rings. The van der Waals surface area contributed by atoms with Gasteiger partial charge >= 0.3 is 6.18 Å². The number of nitrogens with one attached hydrogen (secondary N) is 1. The molecule has 1 aliphatic heterocycles. The van der Waals surface area contributed by atoms with E-state index in [-0.39, 0.29) is 23.4 Å². The monoisotopic (exact) mass is 491 g/mol. The number of hydrogen-bond acceptors (Lipinski definition) is 7. The molecule has 7 nitrogen and oxygen atoms in total. The number of thiazole rings is 1. The number of aryl methyl sites for hydroxylation is 1. The van der Waals surface area contributed by atoms with Crippen LogP contribution >= 0.6 is 11.3 Å². The maximum atomic E-state index is 13.3. The number of alkyl halides is 3. The number of rotatable bonds is 5. The Labute approximate surface area is 199 Å². The lowest BCUT2D eigenvalue weighted by molar-refractivity contribution is -0.138. The molecule has 0 aliphatic carbocycles. The summed E-state index contributed by atoms with van der Waals surface area (Å²) in [6, 6.07) is 4.19. The van der Waals surface area contributed by atoms with E-state index in [0.29, 0.717) is 23.1 Å². The normalized spacial score (nSPS) is 16.7. The fourth-order valence-corrected chi connectivity index (χ4v) is 4.60. The zero-order valence-corrected chi connectivity index (χ0v) is 19.5. The van der Waals surface area contributed by atoms with Gasteiger partial charge in [0.15, 0.2) is 16.7 Å². The van der Waals surface area contributed by atoms with Gasteiger partial charge in [0.2, 0.25) is 5.91 Å². The summed E-state index contributed by atoms with van der Waals surface area (Å²) >= 11 is 1.35. The minimum Gasteiger partial charge on any atom is -0.452 e. The molecule has 1 aliphatic rings. The minimum absolute atomic E-state index is 0.0748. The molecule has 0 aromatic carbocycles. The van der Waals surface area contributed by atoms with Crippen LogP contribution in [0.3, 0.4) is 0 Å². The maximum absolute atomic E-state index is 13.3. The van der Waals surface area contributed by atoms with E-state index >= 15 is 0 Å². The third-order valence-corrected chi connectivity index (χ3v) is 6.47. The standard InChI is InChI=1S/C23H24F3N5O2S/c1-14-19(6-3-8-27-14)33-20-11-17(23(24,25)26)12-28-21(20)30-22-29-18(13-34-22)16-5-4-9-31(10-7-16)15(2)32/h3,6,8,11-13,16H,4-5,7,9-10H2,1-2H3,(H,28,29,30). The van der Waals surface area contributed by atoms with Gasteiger partial charge in [-0.25, -0.2) is 9.97 Å². The van der Waals surface area contributed by atoms with Gasteiger partial charge in [0, 0.05) is 43.7 Å². The number of halogens is 3. The lowest BCUT2D eigenvalue weighted by Gasteiger charge is -2.18. The number of amides is 1. The Hall–Kier alpha value is -3.21. The number of pyridine rings is 2. The molecule has 0 bridgehead atoms. The van der Waals surface area contributed by atoms with E-state index in [1.54, 1.807) is 32.2 Å². The molecular weight excluding hydrogens is 467 g/mol. The molecule has 0 spiro atoms. The van der Waals surface area contributed by atoms with Crippen LogP contribution < -0.4 is 10.1 Å². The van der Waals surface area contributed by atoms with E-state index in [2.05, 4.69) is 20.3 Å². The van der Waals surface area contributed by atoms with E-state index in [9.17, 15) is 18.0 Å². The molecule has 180 valence electrons. The summed E-state index contributed by atoms with van der Waals surface area (Å²) in [5.41, 5.74) is 0.522. The third-order valence-electron chi connectivity index (χ3n) is 5.70. The van der Waals surface area contributed by atoms with Crippen molar-refractivity contribution in [3.8, 4) is 11.5 Å². The molecule has 1 fully saturated rings. The van der Waals surface area contributed by atoms with Gasteiger partial charge in [-0.3, -0.25) is 9.78 Å². The van der Waals surface area contributed by atoms with Gasteiger partial charge < -0.3 is 15.0 Å². The van der Waals surface area contributed by atoms with Crippen LogP contribution in [-0.2, 0) is 11.0 Å². The highest BCUT2D eigenvalue weighted by Gasteiger charge is 2.32. The first-order chi connectivity index (χ1) is 16.2. The SMILES string of the molecule is CC(=O)N1CCCC(c2csc(Nc3ncc(C(F)(F)F)cc3Oc3cccnc3C)n2)CC1. The Morgan fingerprint density at radius 1 is 1.24 bits per heavy atom. The molecule has 4 rings (SSSR count). The molecule has 11 heteroatoms. The highest BCUT2D eigenvalue weighted by atomic mass is 32.1. The molecule has 1 unspecified atom stereocenters. The van der Waals surface area contributed by atoms with Crippen molar-refractivity contribution in [3.63, 3.8) is 0 Å². The molecule has 0 radical (unpaired) electrons. The van der Waals surface area contributed by atoms with Crippen LogP contribution in [0.25, 0.3) is 0 Å². The summed E-state index contributed by atoms with van der Waals surface area (Å²) in [4.78, 5) is 26.3. The van der Waals surface area contributed by atoms with E-state index in [0.717, 1.165) is 43.8 Å². The van der Waals surface area contributed by atoms with Crippen molar-refractivity contribution in [2.45, 2.75) is 45.2 Å². The zero-order chi connectivity index (χ0) is 24.3. The first-order valence-corrected chi connectivity index (χ1v) is 11.7. The molecular formula is C23H24F3N5O2S. The topological polar surface area (TPSA) is 80.2 Å². The van der Waals surface area contributed by atoms with E-state index < -0.39 is 11.7 Å². The van der Waals surface area contributed by atoms with Crippen molar-refractivity contribution >= 4 is 28.2 Å². The number of nitrogens with zero attached hydrogens (tertiary/aromatic N) is 4. The van der Waals surface area contributed by atoms with Crippen molar-refractivity contribution in [2.75, 3.05) is 18.4 Å². The molecule has 3 aromatic heterocycles. The minimum atomic E-state index is -4.56. The number of ether oxygens (including phenoxy) is 1. The fraction of sp³-hybridized carbons (Fsp3) is 0.391. The number of carbonyl (C=O) groups is 1. The Morgan fingerprint density at radius 2 is 2.06 bits per heavy atom. The molecule has 34 heavy (non-hydrogen) atoms. The maximum Gasteiger partial charge on any atom is 0.418 e. The van der Waals surface area contributed by atoms with Crippen LogP contribution in [0.2, 0.25) is 0 Å². The van der Waals surface area contributed by atoms with E-state index in [1.165, 1.54) is 11.3 Å². The van der Waals surface area contributed by atoms with Gasteiger partial charge in [-0.05, 0) is 44.4 Å². The quantitative estimate of drug-likeness (QED) is 0.478. The van der Waals surface area contributed by atoms with Crippen molar-refractivity contribution in [2.24, 2.45) is 0 Å². The summed E-state index contributed by atoms with van der Waals surface area (Å²) in [6.07, 6.45) is 0.409. The average Bonchev–Trinajstić information content (AvgIpc) is 3.10. The van der Waals surface area contributed by atoms with Crippen LogP contribution in [-0.4, -0.2) is 38.8 Å². The highest BCUT2D eigenvalue weighted by Crippen LogP contribution is 2.38. The highest BCUT2D eigenvalue weighted by molar-refractivity contribution is 7.13. The van der Waals surface area contributed by atoms with E-state index in [1.807, 2.05) is 10.3 Å². The second kappa shape index (κ2) is 9.96. The Bertz CT molecular complexity index is 1170. The number of likely N-dealkylation sites (tertiary alicyclic amines) is 1. The first kappa shape index (κ1) is 23.9. The van der Waals surface area contributed by atoms with Crippen molar-refractivity contribution in [3.05, 3.63) is 52.9 Å². The Balaban J connectivity index is 1.56. The number of aromatic nitrogens is 3. The Kier molecular flexibility index (Phi) is 7.01. The van der Waals surface area contributed by atoms with Gasteiger partial charge in [-0.1, -0.05) is 0 Å². The second-order valence-electron chi connectivity index (χ2n) is 8.09. The van der Waals surface area contributed by atoms with Gasteiger partial charge in [0.25, 0.3) is 0 Å². The van der Waals surface area contributed by atoms with Gasteiger partial charge in [0.1, 0.15) is 5.75 Å². The van der Waals surface area contributed by atoms with Gasteiger partial charge in [-0.2, -0.15) is 13.2 Å². The zero-order valence-electron chi connectivity index (χ0n) is 18.7. The molecule has 4 heterocycles. The summed E-state index contributed by atoms with van der Waals surface area (Å²) in [5.74, 6) is 0.673. The van der Waals surface area contributed by atoms with Crippen LogP contribution in [0.4, 0.5) is 24.1 Å². The first-order valence-electron chi connectivity index (χ1n) is 10.9. The third kappa shape index (κ3) is 5.64. The van der Waals surface area contributed by atoms with Gasteiger partial charge in [0.05, 0.1) is 17.0 Å². The van der Waals surface area contributed by atoms with E-state index in [4.69, 9.17) is 4.74 Å². The predicted molar refractivity (Wildman–Crippen MR) is 123 cm³/mol. The number of carbonyl (C=O) groups excluding carboxylic acids is 1. The molecule has 1 saturated heterocycles. The average molecular weight is 492 g/mol. The van der Waals surface area contributed by atoms with Gasteiger partial charge in [-0.15, -0.1) is 11.3 Å².